The van der Waals surface area contributed by atoms with Crippen LogP contribution in [0.15, 0.2) is 0 Å². The molecule has 1 N–H and O–H groups in total. The van der Waals surface area contributed by atoms with Crippen LogP contribution in [0, 0.1) is 5.92 Å². The van der Waals surface area contributed by atoms with Gasteiger partial charge in [-0.1, -0.05) is 12.8 Å². The summed E-state index contributed by atoms with van der Waals surface area (Å²) in [6, 6.07) is 0.305. The lowest BCUT2D eigenvalue weighted by atomic mass is 9.88. The standard InChI is InChI=1S/C13H20N2O2/c1-13(9-6-7-9)12(17)14-8-11(16)15(13)10-4-2-3-5-10/h9-10H,2-8H2,1H3,(H,14,17). The maximum atomic E-state index is 12.2. The summed E-state index contributed by atoms with van der Waals surface area (Å²) in [5.41, 5.74) is -0.565. The summed E-state index contributed by atoms with van der Waals surface area (Å²) in [7, 11) is 0. The zero-order valence-corrected chi connectivity index (χ0v) is 10.4. The van der Waals surface area contributed by atoms with Crippen LogP contribution in [0.25, 0.3) is 0 Å². The van der Waals surface area contributed by atoms with Crippen molar-refractivity contribution in [2.24, 2.45) is 5.92 Å². The van der Waals surface area contributed by atoms with Gasteiger partial charge in [-0.2, -0.15) is 0 Å². The van der Waals surface area contributed by atoms with Crippen molar-refractivity contribution in [1.29, 1.82) is 0 Å². The quantitative estimate of drug-likeness (QED) is 0.779. The van der Waals surface area contributed by atoms with Crippen molar-refractivity contribution in [3.63, 3.8) is 0 Å². The van der Waals surface area contributed by atoms with Gasteiger partial charge in [-0.15, -0.1) is 0 Å². The molecule has 2 aliphatic carbocycles. The SMILES string of the molecule is CC1(C2CC2)C(=O)NCC(=O)N1C1CCCC1. The summed E-state index contributed by atoms with van der Waals surface area (Å²) in [4.78, 5) is 26.3. The van der Waals surface area contributed by atoms with Crippen LogP contribution in [0.3, 0.4) is 0 Å². The molecule has 3 rings (SSSR count). The van der Waals surface area contributed by atoms with E-state index in [1.54, 1.807) is 0 Å². The molecule has 2 saturated carbocycles. The Hall–Kier alpha value is -1.06. The van der Waals surface area contributed by atoms with Crippen molar-refractivity contribution in [2.45, 2.75) is 57.0 Å². The number of carbonyl (C=O) groups is 2. The molecule has 1 heterocycles. The van der Waals surface area contributed by atoms with Gasteiger partial charge in [-0.3, -0.25) is 9.59 Å². The number of carbonyl (C=O) groups excluding carboxylic acids is 2. The molecule has 4 heteroatoms. The molecule has 3 fully saturated rings. The van der Waals surface area contributed by atoms with Crippen LogP contribution in [-0.2, 0) is 9.59 Å². The third-order valence-electron chi connectivity index (χ3n) is 4.69. The van der Waals surface area contributed by atoms with Gasteiger partial charge in [-0.05, 0) is 38.5 Å². The van der Waals surface area contributed by atoms with E-state index >= 15 is 0 Å². The first-order valence-corrected chi connectivity index (χ1v) is 6.74. The lowest BCUT2D eigenvalue weighted by molar-refractivity contribution is -0.157. The zero-order chi connectivity index (χ0) is 12.0. The van der Waals surface area contributed by atoms with Crippen molar-refractivity contribution in [3.05, 3.63) is 0 Å². The smallest absolute Gasteiger partial charge is 0.246 e. The molecule has 17 heavy (non-hydrogen) atoms. The molecule has 4 nitrogen and oxygen atoms in total. The molecule has 0 aromatic heterocycles. The van der Waals surface area contributed by atoms with E-state index in [9.17, 15) is 9.59 Å². The average Bonchev–Trinajstić information content (AvgIpc) is 3.04. The minimum atomic E-state index is -0.565. The van der Waals surface area contributed by atoms with Crippen molar-refractivity contribution < 1.29 is 9.59 Å². The first-order valence-electron chi connectivity index (χ1n) is 6.74. The summed E-state index contributed by atoms with van der Waals surface area (Å²) in [6.07, 6.45) is 6.69. The third kappa shape index (κ3) is 1.57. The van der Waals surface area contributed by atoms with Crippen LogP contribution in [0.5, 0.6) is 0 Å². The molecule has 1 aliphatic heterocycles. The Morgan fingerprint density at radius 2 is 1.82 bits per heavy atom. The van der Waals surface area contributed by atoms with Gasteiger partial charge in [0.25, 0.3) is 0 Å². The summed E-state index contributed by atoms with van der Waals surface area (Å²) >= 11 is 0. The van der Waals surface area contributed by atoms with Gasteiger partial charge >= 0.3 is 0 Å². The number of nitrogens with zero attached hydrogens (tertiary/aromatic N) is 1. The van der Waals surface area contributed by atoms with Crippen molar-refractivity contribution in [3.8, 4) is 0 Å². The maximum absolute atomic E-state index is 12.2. The normalized spacial score (nSPS) is 35.2. The largest absolute Gasteiger partial charge is 0.345 e. The van der Waals surface area contributed by atoms with E-state index < -0.39 is 5.54 Å². The van der Waals surface area contributed by atoms with Crippen LogP contribution in [0.2, 0.25) is 0 Å². The molecule has 0 aromatic carbocycles. The Bertz CT molecular complexity index is 358. The fraction of sp³-hybridized carbons (Fsp3) is 0.846. The van der Waals surface area contributed by atoms with Gasteiger partial charge in [0.1, 0.15) is 5.54 Å². The van der Waals surface area contributed by atoms with E-state index in [2.05, 4.69) is 5.32 Å². The van der Waals surface area contributed by atoms with Gasteiger partial charge in [0.05, 0.1) is 6.54 Å². The second-order valence-electron chi connectivity index (χ2n) is 5.81. The van der Waals surface area contributed by atoms with Crippen LogP contribution in [-0.4, -0.2) is 34.8 Å². The average molecular weight is 236 g/mol. The molecular formula is C13H20N2O2. The minimum Gasteiger partial charge on any atom is -0.345 e. The fourth-order valence-corrected chi connectivity index (χ4v) is 3.56. The molecule has 1 saturated heterocycles. The second-order valence-corrected chi connectivity index (χ2v) is 5.81. The fourth-order valence-electron chi connectivity index (χ4n) is 3.56. The van der Waals surface area contributed by atoms with E-state index in [1.807, 2.05) is 11.8 Å². The molecule has 1 atom stereocenters. The molecule has 0 aromatic rings. The Balaban J connectivity index is 1.93. The lowest BCUT2D eigenvalue weighted by Crippen LogP contribution is -2.69. The summed E-state index contributed by atoms with van der Waals surface area (Å²) in [5.74, 6) is 0.560. The molecule has 0 bridgehead atoms. The Morgan fingerprint density at radius 3 is 2.41 bits per heavy atom. The number of nitrogens with one attached hydrogen (secondary N) is 1. The Morgan fingerprint density at radius 1 is 1.18 bits per heavy atom. The van der Waals surface area contributed by atoms with E-state index in [1.165, 1.54) is 12.8 Å². The van der Waals surface area contributed by atoms with Crippen molar-refractivity contribution in [2.75, 3.05) is 6.54 Å². The van der Waals surface area contributed by atoms with E-state index in [0.717, 1.165) is 25.7 Å². The molecule has 2 amide bonds. The predicted molar refractivity (Wildman–Crippen MR) is 63.2 cm³/mol. The third-order valence-corrected chi connectivity index (χ3v) is 4.69. The molecule has 94 valence electrons. The molecule has 3 aliphatic rings. The molecule has 0 radical (unpaired) electrons. The Kier molecular flexibility index (Phi) is 2.42. The van der Waals surface area contributed by atoms with Gasteiger partial charge in [0.2, 0.25) is 11.8 Å². The first kappa shape index (κ1) is 11.1. The minimum absolute atomic E-state index is 0.0616. The number of hydrogen-bond donors (Lipinski definition) is 1. The van der Waals surface area contributed by atoms with Crippen LogP contribution in [0.4, 0.5) is 0 Å². The topological polar surface area (TPSA) is 49.4 Å². The highest BCUT2D eigenvalue weighted by Crippen LogP contribution is 2.46. The van der Waals surface area contributed by atoms with E-state index in [4.69, 9.17) is 0 Å². The van der Waals surface area contributed by atoms with E-state index in [-0.39, 0.29) is 18.4 Å². The zero-order valence-electron chi connectivity index (χ0n) is 10.4. The van der Waals surface area contributed by atoms with Crippen molar-refractivity contribution >= 4 is 11.8 Å². The molecule has 0 spiro atoms. The number of hydrogen-bond acceptors (Lipinski definition) is 2. The summed E-state index contributed by atoms with van der Waals surface area (Å²) in [5, 5.41) is 2.77. The van der Waals surface area contributed by atoms with Crippen LogP contribution in [0.1, 0.15) is 45.4 Å². The summed E-state index contributed by atoms with van der Waals surface area (Å²) < 4.78 is 0. The first-order chi connectivity index (χ1) is 8.14. The Labute approximate surface area is 102 Å². The van der Waals surface area contributed by atoms with Crippen LogP contribution < -0.4 is 5.32 Å². The van der Waals surface area contributed by atoms with Gasteiger partial charge in [0.15, 0.2) is 0 Å². The number of amides is 2. The van der Waals surface area contributed by atoms with Crippen LogP contribution >= 0.6 is 0 Å². The number of piperazine rings is 1. The summed E-state index contributed by atoms with van der Waals surface area (Å²) in [6.45, 7) is 2.16. The number of rotatable bonds is 2. The van der Waals surface area contributed by atoms with E-state index in [0.29, 0.717) is 12.0 Å². The maximum Gasteiger partial charge on any atom is 0.246 e. The van der Waals surface area contributed by atoms with Gasteiger partial charge in [-0.25, -0.2) is 0 Å². The highest BCUT2D eigenvalue weighted by atomic mass is 16.2. The highest BCUT2D eigenvalue weighted by molar-refractivity contribution is 5.98. The van der Waals surface area contributed by atoms with Gasteiger partial charge in [0, 0.05) is 6.04 Å². The van der Waals surface area contributed by atoms with Crippen molar-refractivity contribution in [1.82, 2.24) is 10.2 Å². The predicted octanol–water partition coefficient (Wildman–Crippen LogP) is 1.06. The molecular weight excluding hydrogens is 216 g/mol. The van der Waals surface area contributed by atoms with Gasteiger partial charge < -0.3 is 10.2 Å². The highest BCUT2D eigenvalue weighted by Gasteiger charge is 2.56. The second kappa shape index (κ2) is 3.72. The molecule has 1 unspecified atom stereocenters. The monoisotopic (exact) mass is 236 g/mol. The lowest BCUT2D eigenvalue weighted by Gasteiger charge is -2.47.